The molecule has 8 heteroatoms. The summed E-state index contributed by atoms with van der Waals surface area (Å²) >= 11 is 0. The van der Waals surface area contributed by atoms with Crippen molar-refractivity contribution < 1.29 is 14.3 Å². The minimum absolute atomic E-state index is 0.0985. The van der Waals surface area contributed by atoms with Crippen LogP contribution in [-0.2, 0) is 9.53 Å². The lowest BCUT2D eigenvalue weighted by atomic mass is 9.78. The van der Waals surface area contributed by atoms with Crippen LogP contribution in [0.1, 0.15) is 55.1 Å². The summed E-state index contributed by atoms with van der Waals surface area (Å²) in [6.45, 7) is 7.72. The molecule has 0 saturated heterocycles. The molecular formula is C18H25N5O3. The summed E-state index contributed by atoms with van der Waals surface area (Å²) in [7, 11) is 0. The number of amides is 1. The predicted octanol–water partition coefficient (Wildman–Crippen LogP) is 1.84. The number of nitrogens with one attached hydrogen (secondary N) is 1. The van der Waals surface area contributed by atoms with Gasteiger partial charge >= 0.3 is 5.97 Å². The fourth-order valence-electron chi connectivity index (χ4n) is 3.48. The Morgan fingerprint density at radius 3 is 2.81 bits per heavy atom. The molecule has 1 saturated carbocycles. The Morgan fingerprint density at radius 1 is 1.27 bits per heavy atom. The van der Waals surface area contributed by atoms with Gasteiger partial charge in [0.25, 0.3) is 17.5 Å². The molecule has 3 rings (SSSR count). The van der Waals surface area contributed by atoms with Gasteiger partial charge in [0, 0.05) is 17.4 Å². The lowest BCUT2D eigenvalue weighted by Gasteiger charge is -2.34. The van der Waals surface area contributed by atoms with Crippen molar-refractivity contribution in [3.05, 3.63) is 23.3 Å². The highest BCUT2D eigenvalue weighted by atomic mass is 16.5. The Morgan fingerprint density at radius 2 is 2.04 bits per heavy atom. The number of esters is 1. The van der Waals surface area contributed by atoms with Gasteiger partial charge in [-0.1, -0.05) is 26.7 Å². The van der Waals surface area contributed by atoms with Crippen molar-refractivity contribution in [3.63, 3.8) is 0 Å². The summed E-state index contributed by atoms with van der Waals surface area (Å²) in [6, 6.07) is 1.98. The van der Waals surface area contributed by atoms with Gasteiger partial charge in [-0.2, -0.15) is 4.98 Å². The molecule has 0 spiro atoms. The molecule has 0 radical (unpaired) electrons. The van der Waals surface area contributed by atoms with E-state index < -0.39 is 5.97 Å². The summed E-state index contributed by atoms with van der Waals surface area (Å²) < 4.78 is 6.56. The van der Waals surface area contributed by atoms with Gasteiger partial charge in [0.2, 0.25) is 0 Å². The van der Waals surface area contributed by atoms with Gasteiger partial charge in [0.1, 0.15) is 0 Å². The third kappa shape index (κ3) is 3.84. The van der Waals surface area contributed by atoms with E-state index in [4.69, 9.17) is 4.74 Å². The predicted molar refractivity (Wildman–Crippen MR) is 94.6 cm³/mol. The van der Waals surface area contributed by atoms with Crippen molar-refractivity contribution in [2.45, 2.75) is 53.0 Å². The topological polar surface area (TPSA) is 98.5 Å². The van der Waals surface area contributed by atoms with E-state index in [9.17, 15) is 9.59 Å². The van der Waals surface area contributed by atoms with Gasteiger partial charge in [0.05, 0.1) is 0 Å². The van der Waals surface area contributed by atoms with Crippen molar-refractivity contribution in [2.75, 3.05) is 6.61 Å². The van der Waals surface area contributed by atoms with Gasteiger partial charge in [-0.3, -0.25) is 4.79 Å². The molecule has 8 nitrogen and oxygen atoms in total. The molecule has 0 aromatic carbocycles. The van der Waals surface area contributed by atoms with E-state index in [1.54, 1.807) is 0 Å². The molecule has 2 heterocycles. The molecule has 1 amide bonds. The van der Waals surface area contributed by atoms with Crippen molar-refractivity contribution in [3.8, 4) is 0 Å². The highest BCUT2D eigenvalue weighted by Gasteiger charge is 2.28. The molecule has 1 N–H and O–H groups in total. The fraction of sp³-hybridized carbons (Fsp3) is 0.611. The quantitative estimate of drug-likeness (QED) is 0.837. The summed E-state index contributed by atoms with van der Waals surface area (Å²) in [6.07, 6.45) is 3.26. The lowest BCUT2D eigenvalue weighted by molar-refractivity contribution is -0.125. The first-order valence-electron chi connectivity index (χ1n) is 9.02. The molecule has 26 heavy (non-hydrogen) atoms. The molecule has 2 aromatic rings. The Labute approximate surface area is 152 Å². The molecular weight excluding hydrogens is 334 g/mol. The summed E-state index contributed by atoms with van der Waals surface area (Å²) in [5.41, 5.74) is 1.61. The van der Waals surface area contributed by atoms with Crippen LogP contribution in [-0.4, -0.2) is 44.1 Å². The molecule has 3 atom stereocenters. The van der Waals surface area contributed by atoms with Crippen LogP contribution in [0.15, 0.2) is 6.07 Å². The molecule has 0 aliphatic heterocycles. The maximum Gasteiger partial charge on any atom is 0.378 e. The average Bonchev–Trinajstić information content (AvgIpc) is 3.01. The smallest absolute Gasteiger partial charge is 0.378 e. The van der Waals surface area contributed by atoms with Crippen LogP contribution in [0.2, 0.25) is 0 Å². The zero-order valence-electron chi connectivity index (χ0n) is 15.7. The summed E-state index contributed by atoms with van der Waals surface area (Å²) in [4.78, 5) is 32.6. The number of ether oxygens (including phenoxy) is 1. The van der Waals surface area contributed by atoms with Crippen LogP contribution in [0.3, 0.4) is 0 Å². The van der Waals surface area contributed by atoms with E-state index in [0.29, 0.717) is 17.6 Å². The summed E-state index contributed by atoms with van der Waals surface area (Å²) in [5, 5.41) is 7.08. The normalized spacial score (nSPS) is 23.0. The average molecular weight is 359 g/mol. The van der Waals surface area contributed by atoms with Crippen molar-refractivity contribution >= 4 is 17.7 Å². The number of aromatic nitrogens is 4. The second-order valence-corrected chi connectivity index (χ2v) is 7.20. The highest BCUT2D eigenvalue weighted by molar-refractivity contribution is 5.88. The number of nitrogens with zero attached hydrogens (tertiary/aromatic N) is 4. The zero-order chi connectivity index (χ0) is 18.8. The van der Waals surface area contributed by atoms with E-state index >= 15 is 0 Å². The van der Waals surface area contributed by atoms with Gasteiger partial charge in [-0.15, -0.1) is 5.10 Å². The molecule has 1 fully saturated rings. The Bertz CT molecular complexity index is 832. The minimum atomic E-state index is -0.729. The van der Waals surface area contributed by atoms with E-state index in [0.717, 1.165) is 24.2 Å². The van der Waals surface area contributed by atoms with Crippen LogP contribution >= 0.6 is 0 Å². The third-order valence-electron chi connectivity index (χ3n) is 5.19. The largest absolute Gasteiger partial charge is 0.450 e. The van der Waals surface area contributed by atoms with Crippen molar-refractivity contribution in [2.24, 2.45) is 11.8 Å². The number of carbonyl (C=O) groups is 2. The first-order valence-corrected chi connectivity index (χ1v) is 9.02. The maximum atomic E-state index is 12.2. The van der Waals surface area contributed by atoms with E-state index in [-0.39, 0.29) is 24.4 Å². The fourth-order valence-corrected chi connectivity index (χ4v) is 3.48. The number of hydrogen-bond acceptors (Lipinski definition) is 6. The van der Waals surface area contributed by atoms with Crippen LogP contribution < -0.4 is 5.32 Å². The molecule has 140 valence electrons. The van der Waals surface area contributed by atoms with Gasteiger partial charge in [-0.05, 0) is 38.2 Å². The van der Waals surface area contributed by atoms with Gasteiger partial charge in [-0.25, -0.2) is 14.3 Å². The third-order valence-corrected chi connectivity index (χ3v) is 5.19. The van der Waals surface area contributed by atoms with E-state index in [2.05, 4.69) is 34.2 Å². The second-order valence-electron chi connectivity index (χ2n) is 7.20. The van der Waals surface area contributed by atoms with Gasteiger partial charge in [0.15, 0.2) is 6.61 Å². The number of hydrogen-bond donors (Lipinski definition) is 1. The lowest BCUT2D eigenvalue weighted by Crippen LogP contribution is -2.45. The number of carbonyl (C=O) groups excluding carboxylic acids is 2. The summed E-state index contributed by atoms with van der Waals surface area (Å²) in [5.74, 6) is 0.215. The van der Waals surface area contributed by atoms with Crippen LogP contribution in [0.5, 0.6) is 0 Å². The second kappa shape index (κ2) is 7.39. The molecule has 1 aliphatic rings. The SMILES string of the molecule is Cc1cc(C)n2nc(C(=O)OCC(=O)NC3CCCC(C)C3C)nc2n1. The standard InChI is InChI=1S/C18H25N5O3/c1-10-6-5-7-14(13(10)4)20-15(24)9-26-17(25)16-21-18-19-11(2)8-12(3)23(18)22-16/h8,10,13-14H,5-7,9H2,1-4H3,(H,20,24). The molecule has 1 aliphatic carbocycles. The highest BCUT2D eigenvalue weighted by Crippen LogP contribution is 2.29. The van der Waals surface area contributed by atoms with Crippen molar-refractivity contribution in [1.29, 1.82) is 0 Å². The monoisotopic (exact) mass is 359 g/mol. The molecule has 3 unspecified atom stereocenters. The number of rotatable bonds is 4. The number of fused-ring (bicyclic) bond motifs is 1. The van der Waals surface area contributed by atoms with Gasteiger partial charge < -0.3 is 10.1 Å². The Kier molecular flexibility index (Phi) is 5.20. The Balaban J connectivity index is 1.58. The van der Waals surface area contributed by atoms with Crippen LogP contribution in [0.25, 0.3) is 5.78 Å². The minimum Gasteiger partial charge on any atom is -0.450 e. The first kappa shape index (κ1) is 18.3. The number of aryl methyl sites for hydroxylation is 2. The zero-order valence-corrected chi connectivity index (χ0v) is 15.7. The molecule has 2 aromatic heterocycles. The van der Waals surface area contributed by atoms with E-state index in [1.807, 2.05) is 19.9 Å². The Hall–Kier alpha value is -2.51. The maximum absolute atomic E-state index is 12.2. The van der Waals surface area contributed by atoms with Crippen LogP contribution in [0.4, 0.5) is 0 Å². The van der Waals surface area contributed by atoms with Crippen LogP contribution in [0, 0.1) is 25.7 Å². The molecule has 0 bridgehead atoms. The van der Waals surface area contributed by atoms with Crippen molar-refractivity contribution in [1.82, 2.24) is 24.9 Å². The first-order chi connectivity index (χ1) is 12.3. The van der Waals surface area contributed by atoms with E-state index in [1.165, 1.54) is 10.9 Å².